The van der Waals surface area contributed by atoms with E-state index in [0.717, 1.165) is 41.0 Å². The number of hydrogen-bond donors (Lipinski definition) is 1. The molecule has 1 aromatic heterocycles. The van der Waals surface area contributed by atoms with E-state index >= 15 is 0 Å². The summed E-state index contributed by atoms with van der Waals surface area (Å²) in [4.78, 5) is 0. The highest BCUT2D eigenvalue weighted by Gasteiger charge is 2.34. The molecule has 2 heterocycles. The maximum atomic E-state index is 6.62. The Labute approximate surface area is 133 Å². The summed E-state index contributed by atoms with van der Waals surface area (Å²) in [5, 5.41) is 4.54. The molecule has 1 aromatic carbocycles. The third kappa shape index (κ3) is 2.72. The van der Waals surface area contributed by atoms with Crippen molar-refractivity contribution < 1.29 is 4.74 Å². The second-order valence-electron chi connectivity index (χ2n) is 5.77. The van der Waals surface area contributed by atoms with E-state index in [1.54, 1.807) is 0 Å². The summed E-state index contributed by atoms with van der Waals surface area (Å²) in [6, 6.07) is 8.12. The molecule has 0 saturated carbocycles. The normalized spacial score (nSPS) is 21.0. The summed E-state index contributed by atoms with van der Waals surface area (Å²) >= 11 is 3.64. The van der Waals surface area contributed by atoms with Crippen molar-refractivity contribution in [3.8, 4) is 5.75 Å². The van der Waals surface area contributed by atoms with Gasteiger partial charge >= 0.3 is 0 Å². The Hall–Kier alpha value is -1.33. The number of nitrogens with zero attached hydrogens (tertiary/aromatic N) is 2. The molecule has 2 N–H and O–H groups in total. The van der Waals surface area contributed by atoms with Crippen LogP contribution >= 0.6 is 15.9 Å². The van der Waals surface area contributed by atoms with E-state index in [-0.39, 0.29) is 0 Å². The molecule has 112 valence electrons. The van der Waals surface area contributed by atoms with Crippen LogP contribution in [0.3, 0.4) is 0 Å². The lowest BCUT2D eigenvalue weighted by atomic mass is 9.86. The van der Waals surface area contributed by atoms with Gasteiger partial charge in [-0.05, 0) is 47.8 Å². The average molecular weight is 350 g/mol. The van der Waals surface area contributed by atoms with E-state index in [4.69, 9.17) is 10.5 Å². The van der Waals surface area contributed by atoms with Crippen molar-refractivity contribution in [1.29, 1.82) is 0 Å². The lowest BCUT2D eigenvalue weighted by Gasteiger charge is -2.34. The van der Waals surface area contributed by atoms with Crippen LogP contribution in [0.25, 0.3) is 0 Å². The number of rotatable bonds is 3. The fraction of sp³-hybridized carbons (Fsp3) is 0.438. The van der Waals surface area contributed by atoms with Gasteiger partial charge in [-0.3, -0.25) is 4.68 Å². The Kier molecular flexibility index (Phi) is 3.80. The van der Waals surface area contributed by atoms with Gasteiger partial charge in [-0.15, -0.1) is 0 Å². The summed E-state index contributed by atoms with van der Waals surface area (Å²) in [5.74, 6) is 0.956. The Bertz CT molecular complexity index is 668. The van der Waals surface area contributed by atoms with E-state index in [1.807, 2.05) is 29.8 Å². The molecule has 0 saturated heterocycles. The highest BCUT2D eigenvalue weighted by Crippen LogP contribution is 2.32. The molecule has 4 nitrogen and oxygen atoms in total. The molecule has 0 fully saturated rings. The highest BCUT2D eigenvalue weighted by molar-refractivity contribution is 9.10. The average Bonchev–Trinajstić information content (AvgIpc) is 2.74. The molecule has 1 aliphatic heterocycles. The smallest absolute Gasteiger partial charge is 0.122 e. The molecular weight excluding hydrogens is 330 g/mol. The molecule has 0 bridgehead atoms. The second kappa shape index (κ2) is 5.46. The maximum Gasteiger partial charge on any atom is 0.122 e. The first-order chi connectivity index (χ1) is 10.0. The second-order valence-corrected chi connectivity index (χ2v) is 6.57. The van der Waals surface area contributed by atoms with Gasteiger partial charge in [-0.2, -0.15) is 5.10 Å². The van der Waals surface area contributed by atoms with E-state index < -0.39 is 5.54 Å². The first-order valence-corrected chi connectivity index (χ1v) is 8.03. The lowest BCUT2D eigenvalue weighted by Crippen LogP contribution is -2.52. The third-order valence-electron chi connectivity index (χ3n) is 4.00. The van der Waals surface area contributed by atoms with E-state index in [1.165, 1.54) is 5.56 Å². The number of nitrogens with two attached hydrogens (primary N) is 1. The number of ether oxygens (including phenoxy) is 1. The Morgan fingerprint density at radius 3 is 2.95 bits per heavy atom. The van der Waals surface area contributed by atoms with E-state index in [9.17, 15) is 0 Å². The monoisotopic (exact) mass is 349 g/mol. The number of halogens is 1. The van der Waals surface area contributed by atoms with Gasteiger partial charge in [0.1, 0.15) is 12.4 Å². The van der Waals surface area contributed by atoms with Crippen molar-refractivity contribution >= 4 is 15.9 Å². The van der Waals surface area contributed by atoms with Gasteiger partial charge in [0.05, 0.1) is 21.4 Å². The van der Waals surface area contributed by atoms with Crippen LogP contribution in [0, 0.1) is 6.92 Å². The topological polar surface area (TPSA) is 53.1 Å². The summed E-state index contributed by atoms with van der Waals surface area (Å²) in [6.07, 6.45) is 1.57. The molecular formula is C16H20BrN3O. The highest BCUT2D eigenvalue weighted by atomic mass is 79.9. The van der Waals surface area contributed by atoms with Gasteiger partial charge in [-0.25, -0.2) is 0 Å². The van der Waals surface area contributed by atoms with Crippen LogP contribution < -0.4 is 10.5 Å². The predicted molar refractivity (Wildman–Crippen MR) is 86.6 cm³/mol. The minimum atomic E-state index is -0.393. The van der Waals surface area contributed by atoms with Crippen LogP contribution in [0.4, 0.5) is 0 Å². The maximum absolute atomic E-state index is 6.62. The van der Waals surface area contributed by atoms with Crippen molar-refractivity contribution in [3.05, 3.63) is 45.7 Å². The summed E-state index contributed by atoms with van der Waals surface area (Å²) in [7, 11) is 0. The van der Waals surface area contributed by atoms with Gasteiger partial charge in [0.15, 0.2) is 0 Å². The third-order valence-corrected chi connectivity index (χ3v) is 5.03. The standard InChI is InChI=1S/C16H20BrN3O/c1-3-20-13(15(17)11(2)19-20)9-16(18)8-12-6-4-5-7-14(12)21-10-16/h4-7H,3,8-10,18H2,1-2H3. The van der Waals surface area contributed by atoms with E-state index in [0.29, 0.717) is 6.61 Å². The minimum Gasteiger partial charge on any atom is -0.491 e. The van der Waals surface area contributed by atoms with Crippen LogP contribution in [0.1, 0.15) is 23.9 Å². The molecule has 0 spiro atoms. The summed E-state index contributed by atoms with van der Waals surface area (Å²) in [6.45, 7) is 5.48. The molecule has 5 heteroatoms. The number of para-hydroxylation sites is 1. The van der Waals surface area contributed by atoms with Gasteiger partial charge < -0.3 is 10.5 Å². The number of benzene rings is 1. The van der Waals surface area contributed by atoms with Gasteiger partial charge in [0.2, 0.25) is 0 Å². The van der Waals surface area contributed by atoms with Gasteiger partial charge in [0.25, 0.3) is 0 Å². The number of aryl methyl sites for hydroxylation is 2. The summed E-state index contributed by atoms with van der Waals surface area (Å²) < 4.78 is 8.95. The molecule has 1 atom stereocenters. The lowest BCUT2D eigenvalue weighted by molar-refractivity contribution is 0.187. The zero-order chi connectivity index (χ0) is 15.0. The molecule has 0 radical (unpaired) electrons. The summed E-state index contributed by atoms with van der Waals surface area (Å²) in [5.41, 5.74) is 9.57. The van der Waals surface area contributed by atoms with Crippen molar-refractivity contribution in [1.82, 2.24) is 9.78 Å². The van der Waals surface area contributed by atoms with E-state index in [2.05, 4.69) is 34.0 Å². The molecule has 2 aromatic rings. The fourth-order valence-corrected chi connectivity index (χ4v) is 3.35. The Morgan fingerprint density at radius 1 is 1.43 bits per heavy atom. The van der Waals surface area contributed by atoms with Crippen LogP contribution in [0.15, 0.2) is 28.7 Å². The van der Waals surface area contributed by atoms with Crippen LogP contribution in [-0.4, -0.2) is 21.9 Å². The van der Waals surface area contributed by atoms with Gasteiger partial charge in [0, 0.05) is 13.0 Å². The van der Waals surface area contributed by atoms with Gasteiger partial charge in [-0.1, -0.05) is 18.2 Å². The SMILES string of the molecule is CCn1nc(C)c(Br)c1CC1(N)COc2ccccc2C1. The molecule has 1 unspecified atom stereocenters. The molecule has 1 aliphatic rings. The molecule has 21 heavy (non-hydrogen) atoms. The predicted octanol–water partition coefficient (Wildman–Crippen LogP) is 2.85. The number of aromatic nitrogens is 2. The van der Waals surface area contributed by atoms with Crippen molar-refractivity contribution in [2.24, 2.45) is 5.73 Å². The fourth-order valence-electron chi connectivity index (χ4n) is 2.93. The minimum absolute atomic E-state index is 0.393. The first kappa shape index (κ1) is 14.6. The number of hydrogen-bond acceptors (Lipinski definition) is 3. The van der Waals surface area contributed by atoms with Crippen molar-refractivity contribution in [2.75, 3.05) is 6.61 Å². The molecule has 0 aliphatic carbocycles. The van der Waals surface area contributed by atoms with Crippen molar-refractivity contribution in [2.45, 2.75) is 38.8 Å². The molecule has 0 amide bonds. The largest absolute Gasteiger partial charge is 0.491 e. The Morgan fingerprint density at radius 2 is 2.19 bits per heavy atom. The van der Waals surface area contributed by atoms with Crippen LogP contribution in [0.2, 0.25) is 0 Å². The van der Waals surface area contributed by atoms with Crippen LogP contribution in [-0.2, 0) is 19.4 Å². The zero-order valence-corrected chi connectivity index (χ0v) is 14.0. The first-order valence-electron chi connectivity index (χ1n) is 7.24. The zero-order valence-electron chi connectivity index (χ0n) is 12.4. The Balaban J connectivity index is 1.89. The van der Waals surface area contributed by atoms with Crippen LogP contribution in [0.5, 0.6) is 5.75 Å². The van der Waals surface area contributed by atoms with Crippen molar-refractivity contribution in [3.63, 3.8) is 0 Å². The molecule has 3 rings (SSSR count). The number of fused-ring (bicyclic) bond motifs is 1. The quantitative estimate of drug-likeness (QED) is 0.926.